The summed E-state index contributed by atoms with van der Waals surface area (Å²) in [5.41, 5.74) is 0. The Labute approximate surface area is 329 Å². The number of carbonyl (C=O) groups excluding carboxylic acids is 1. The molecule has 2 heterocycles. The molecule has 0 aliphatic carbocycles. The van der Waals surface area contributed by atoms with Gasteiger partial charge in [0.1, 0.15) is 48.8 Å². The van der Waals surface area contributed by atoms with Gasteiger partial charge in [-0.1, -0.05) is 135 Å². The third kappa shape index (κ3) is 18.9. The van der Waals surface area contributed by atoms with Crippen molar-refractivity contribution in [3.8, 4) is 0 Å². The zero-order valence-corrected chi connectivity index (χ0v) is 33.7. The quantitative estimate of drug-likeness (QED) is 0.0364. The van der Waals surface area contributed by atoms with Gasteiger partial charge in [-0.25, -0.2) is 0 Å². The summed E-state index contributed by atoms with van der Waals surface area (Å²) in [5.74, 6) is -0.247. The van der Waals surface area contributed by atoms with E-state index in [1.165, 1.54) is 77.0 Å². The maximum absolute atomic E-state index is 13.0. The highest BCUT2D eigenvalue weighted by atomic mass is 16.7. The molecule has 0 bridgehead atoms. The van der Waals surface area contributed by atoms with Gasteiger partial charge in [0, 0.05) is 6.42 Å². The molecule has 0 aromatic carbocycles. The van der Waals surface area contributed by atoms with Gasteiger partial charge in [0.15, 0.2) is 12.6 Å². The van der Waals surface area contributed by atoms with Gasteiger partial charge < -0.3 is 65.1 Å². The van der Waals surface area contributed by atoms with E-state index >= 15 is 0 Å². The Morgan fingerprint density at radius 3 is 1.67 bits per heavy atom. The van der Waals surface area contributed by atoms with Crippen molar-refractivity contribution in [1.29, 1.82) is 0 Å². The van der Waals surface area contributed by atoms with E-state index in [2.05, 4.69) is 19.2 Å². The minimum absolute atomic E-state index is 0.247. The normalized spacial score (nSPS) is 29.8. The Morgan fingerprint density at radius 1 is 0.636 bits per heavy atom. The lowest BCUT2D eigenvalue weighted by Crippen LogP contribution is -2.65. The fourth-order valence-electron chi connectivity index (χ4n) is 7.11. The summed E-state index contributed by atoms with van der Waals surface area (Å²) < 4.78 is 22.5. The topological polar surface area (TPSA) is 228 Å². The summed E-state index contributed by atoms with van der Waals surface area (Å²) in [6.07, 6.45) is 10.4. The van der Waals surface area contributed by atoms with Crippen molar-refractivity contribution in [2.75, 3.05) is 19.8 Å². The zero-order valence-electron chi connectivity index (χ0n) is 33.7. The number of hydrogen-bond acceptors (Lipinski definition) is 13. The molecule has 14 heteroatoms. The highest BCUT2D eigenvalue weighted by Gasteiger charge is 2.50. The second kappa shape index (κ2) is 29.9. The van der Waals surface area contributed by atoms with Crippen molar-refractivity contribution < 1.29 is 64.6 Å². The van der Waals surface area contributed by atoms with Crippen LogP contribution >= 0.6 is 0 Å². The van der Waals surface area contributed by atoms with Crippen LogP contribution in [0.4, 0.5) is 0 Å². The molecule has 324 valence electrons. The Hall–Kier alpha value is -1.27. The third-order valence-electron chi connectivity index (χ3n) is 10.7. The number of ether oxygens (including phenoxy) is 4. The van der Waals surface area contributed by atoms with Crippen LogP contribution in [0.1, 0.15) is 149 Å². The molecule has 9 N–H and O–H groups in total. The van der Waals surface area contributed by atoms with E-state index in [1.807, 2.05) is 6.08 Å². The van der Waals surface area contributed by atoms with Crippen LogP contribution in [0.25, 0.3) is 0 Å². The Kier molecular flexibility index (Phi) is 27.1. The minimum Gasteiger partial charge on any atom is -0.394 e. The maximum Gasteiger partial charge on any atom is 0.220 e. The van der Waals surface area contributed by atoms with E-state index in [1.54, 1.807) is 6.08 Å². The number of aliphatic hydroxyl groups is 8. The van der Waals surface area contributed by atoms with Crippen molar-refractivity contribution in [3.63, 3.8) is 0 Å². The predicted octanol–water partition coefficient (Wildman–Crippen LogP) is 3.26. The van der Waals surface area contributed by atoms with E-state index in [9.17, 15) is 45.6 Å². The van der Waals surface area contributed by atoms with Crippen LogP contribution in [0.5, 0.6) is 0 Å². The number of rotatable bonds is 31. The van der Waals surface area contributed by atoms with E-state index in [0.29, 0.717) is 6.42 Å². The standard InChI is InChI=1S/C41H77NO13/c1-3-5-7-9-10-11-12-13-14-15-16-17-18-19-21-23-25-33(46)42-29(30(45)24-22-20-8-6-4-2)28-52-40-38(51)36(49)39(32(27-44)54-40)55-41-37(50)35(48)34(47)31(26-43)53-41/h22,24,29-32,34-41,43-45,47-51H,3-21,23,25-28H2,1-2H3,(H,42,46)/b24-22+. The predicted molar refractivity (Wildman–Crippen MR) is 208 cm³/mol. The van der Waals surface area contributed by atoms with E-state index in [-0.39, 0.29) is 18.9 Å². The molecular formula is C41H77NO13. The number of aliphatic hydroxyl groups excluding tert-OH is 8. The molecule has 2 aliphatic heterocycles. The summed E-state index contributed by atoms with van der Waals surface area (Å²) in [6.45, 7) is 2.64. The zero-order chi connectivity index (χ0) is 40.4. The molecule has 0 saturated carbocycles. The molecule has 12 unspecified atom stereocenters. The summed E-state index contributed by atoms with van der Waals surface area (Å²) >= 11 is 0. The van der Waals surface area contributed by atoms with Gasteiger partial charge in [0.05, 0.1) is 32.0 Å². The minimum atomic E-state index is -1.78. The first-order valence-electron chi connectivity index (χ1n) is 21.4. The molecule has 12 atom stereocenters. The summed E-state index contributed by atoms with van der Waals surface area (Å²) in [5, 5.41) is 85.8. The van der Waals surface area contributed by atoms with Gasteiger partial charge in [-0.2, -0.15) is 0 Å². The molecule has 0 spiro atoms. The highest BCUT2D eigenvalue weighted by molar-refractivity contribution is 5.76. The van der Waals surface area contributed by atoms with Gasteiger partial charge >= 0.3 is 0 Å². The lowest BCUT2D eigenvalue weighted by atomic mass is 9.97. The maximum atomic E-state index is 13.0. The molecule has 2 aliphatic rings. The molecule has 55 heavy (non-hydrogen) atoms. The van der Waals surface area contributed by atoms with E-state index in [0.717, 1.165) is 44.9 Å². The van der Waals surface area contributed by atoms with Crippen LogP contribution in [0, 0.1) is 0 Å². The Morgan fingerprint density at radius 2 is 1.13 bits per heavy atom. The van der Waals surface area contributed by atoms with Gasteiger partial charge in [0.2, 0.25) is 5.91 Å². The van der Waals surface area contributed by atoms with Gasteiger partial charge in [0.25, 0.3) is 0 Å². The van der Waals surface area contributed by atoms with Crippen LogP contribution < -0.4 is 5.32 Å². The Bertz CT molecular complexity index is 988. The van der Waals surface area contributed by atoms with Gasteiger partial charge in [-0.15, -0.1) is 0 Å². The van der Waals surface area contributed by atoms with E-state index in [4.69, 9.17) is 18.9 Å². The summed E-state index contributed by atoms with van der Waals surface area (Å²) in [6, 6.07) is -0.903. The monoisotopic (exact) mass is 792 g/mol. The van der Waals surface area contributed by atoms with E-state index < -0.39 is 86.8 Å². The smallest absolute Gasteiger partial charge is 0.220 e. The second-order valence-electron chi connectivity index (χ2n) is 15.5. The van der Waals surface area contributed by atoms with Crippen LogP contribution in [0.15, 0.2) is 12.2 Å². The lowest BCUT2D eigenvalue weighted by molar-refractivity contribution is -0.359. The number of hydrogen-bond donors (Lipinski definition) is 9. The number of carbonyl (C=O) groups is 1. The van der Waals surface area contributed by atoms with Gasteiger partial charge in [-0.05, 0) is 19.3 Å². The van der Waals surface area contributed by atoms with Crippen molar-refractivity contribution in [2.24, 2.45) is 0 Å². The third-order valence-corrected chi connectivity index (χ3v) is 10.7. The first-order valence-corrected chi connectivity index (χ1v) is 21.4. The fraction of sp³-hybridized carbons (Fsp3) is 0.927. The molecule has 14 nitrogen and oxygen atoms in total. The molecule has 0 radical (unpaired) electrons. The van der Waals surface area contributed by atoms with Crippen molar-refractivity contribution in [3.05, 3.63) is 12.2 Å². The van der Waals surface area contributed by atoms with Crippen molar-refractivity contribution in [2.45, 2.75) is 222 Å². The fourth-order valence-corrected chi connectivity index (χ4v) is 7.11. The van der Waals surface area contributed by atoms with Crippen molar-refractivity contribution in [1.82, 2.24) is 5.32 Å². The highest BCUT2D eigenvalue weighted by Crippen LogP contribution is 2.30. The number of nitrogens with one attached hydrogen (secondary N) is 1. The molecule has 2 fully saturated rings. The van der Waals surface area contributed by atoms with Gasteiger partial charge in [-0.3, -0.25) is 4.79 Å². The van der Waals surface area contributed by atoms with Crippen molar-refractivity contribution >= 4 is 5.91 Å². The molecule has 2 saturated heterocycles. The average molecular weight is 792 g/mol. The molecule has 1 amide bonds. The summed E-state index contributed by atoms with van der Waals surface area (Å²) in [7, 11) is 0. The largest absolute Gasteiger partial charge is 0.394 e. The van der Waals surface area contributed by atoms with Crippen LogP contribution in [0.3, 0.4) is 0 Å². The molecule has 0 aromatic heterocycles. The SMILES string of the molecule is CCCCC/C=C/C(O)C(COC1OC(CO)C(OC2OC(CO)C(O)C(O)C2O)C(O)C1O)NC(=O)CCCCCCCCCCCCCCCCCC. The lowest BCUT2D eigenvalue weighted by Gasteiger charge is -2.46. The second-order valence-corrected chi connectivity index (χ2v) is 15.5. The average Bonchev–Trinajstić information content (AvgIpc) is 3.18. The molecule has 2 rings (SSSR count). The van der Waals surface area contributed by atoms with Crippen LogP contribution in [0.2, 0.25) is 0 Å². The summed E-state index contributed by atoms with van der Waals surface area (Å²) in [4.78, 5) is 13.0. The first kappa shape index (κ1) is 49.9. The van der Waals surface area contributed by atoms with Crippen LogP contribution in [-0.2, 0) is 23.7 Å². The number of unbranched alkanes of at least 4 members (excludes halogenated alkanes) is 18. The van der Waals surface area contributed by atoms with Crippen LogP contribution in [-0.4, -0.2) is 140 Å². The number of amides is 1. The molecule has 0 aromatic rings. The Balaban J connectivity index is 1.82. The molecular weight excluding hydrogens is 714 g/mol. The number of allylic oxidation sites excluding steroid dienone is 1. The first-order chi connectivity index (χ1) is 26.6.